The van der Waals surface area contributed by atoms with Gasteiger partial charge in [0, 0.05) is 18.8 Å². The molecule has 38 heavy (non-hydrogen) atoms. The SMILES string of the molecule is Cc1ccc(-c2nnn(CC(=O)N(c3ccccc3)[C@@H](C(=O)NC[C@H]3CCCO3)c3ccc(O)cc3)n2)o1. The van der Waals surface area contributed by atoms with Crippen LogP contribution in [0.15, 0.2) is 71.1 Å². The Morgan fingerprint density at radius 3 is 2.61 bits per heavy atom. The summed E-state index contributed by atoms with van der Waals surface area (Å²) in [5.41, 5.74) is 1.05. The van der Waals surface area contributed by atoms with Gasteiger partial charge in [0.05, 0.1) is 6.10 Å². The van der Waals surface area contributed by atoms with E-state index in [4.69, 9.17) is 9.15 Å². The van der Waals surface area contributed by atoms with Crippen LogP contribution in [0.4, 0.5) is 5.69 Å². The fourth-order valence-corrected chi connectivity index (χ4v) is 4.38. The van der Waals surface area contributed by atoms with Crippen LogP contribution < -0.4 is 10.2 Å². The summed E-state index contributed by atoms with van der Waals surface area (Å²) < 4.78 is 11.2. The van der Waals surface area contributed by atoms with Crippen molar-refractivity contribution in [3.63, 3.8) is 0 Å². The van der Waals surface area contributed by atoms with E-state index in [0.717, 1.165) is 12.8 Å². The number of hydrogen-bond acceptors (Lipinski definition) is 8. The Bertz CT molecular complexity index is 1380. The topological polar surface area (TPSA) is 136 Å². The first-order valence-electron chi connectivity index (χ1n) is 12.4. The quantitative estimate of drug-likeness (QED) is 0.347. The molecule has 2 amide bonds. The predicted octanol–water partition coefficient (Wildman–Crippen LogP) is 3.02. The molecule has 1 saturated heterocycles. The molecule has 0 saturated carbocycles. The first kappa shape index (κ1) is 25.2. The standard InChI is InChI=1S/C27H28N6O5/c1-18-9-14-23(38-18)26-29-31-32(30-26)17-24(35)33(20-6-3-2-4-7-20)25(19-10-12-21(34)13-11-19)27(36)28-16-22-8-5-15-37-22/h2-4,6-7,9-14,22,25,34H,5,8,15-17H2,1H3,(H,28,36)/t22-,25-/m1/s1. The molecule has 5 rings (SSSR count). The van der Waals surface area contributed by atoms with Crippen molar-refractivity contribution in [2.45, 2.75) is 38.5 Å². The Balaban J connectivity index is 1.46. The highest BCUT2D eigenvalue weighted by molar-refractivity contribution is 6.01. The predicted molar refractivity (Wildman–Crippen MR) is 137 cm³/mol. The van der Waals surface area contributed by atoms with Gasteiger partial charge in [-0.15, -0.1) is 10.2 Å². The number of aryl methyl sites for hydroxylation is 1. The van der Waals surface area contributed by atoms with Gasteiger partial charge < -0.3 is 19.6 Å². The first-order valence-corrected chi connectivity index (χ1v) is 12.4. The third kappa shape index (κ3) is 5.73. The lowest BCUT2D eigenvalue weighted by atomic mass is 10.0. The van der Waals surface area contributed by atoms with Gasteiger partial charge in [0.2, 0.25) is 11.7 Å². The van der Waals surface area contributed by atoms with E-state index in [1.54, 1.807) is 48.5 Å². The van der Waals surface area contributed by atoms with E-state index in [2.05, 4.69) is 20.7 Å². The molecule has 1 fully saturated rings. The lowest BCUT2D eigenvalue weighted by Gasteiger charge is -2.31. The van der Waals surface area contributed by atoms with E-state index < -0.39 is 11.9 Å². The molecule has 2 aromatic carbocycles. The van der Waals surface area contributed by atoms with Crippen LogP contribution in [0.1, 0.15) is 30.2 Å². The molecule has 0 radical (unpaired) electrons. The molecule has 1 aliphatic heterocycles. The van der Waals surface area contributed by atoms with Crippen molar-refractivity contribution in [3.8, 4) is 17.3 Å². The second-order valence-corrected chi connectivity index (χ2v) is 9.03. The monoisotopic (exact) mass is 516 g/mol. The molecular formula is C27H28N6O5. The molecular weight excluding hydrogens is 488 g/mol. The summed E-state index contributed by atoms with van der Waals surface area (Å²) in [7, 11) is 0. The van der Waals surface area contributed by atoms with Gasteiger partial charge in [-0.25, -0.2) is 0 Å². The lowest BCUT2D eigenvalue weighted by molar-refractivity contribution is -0.127. The molecule has 196 valence electrons. The Morgan fingerprint density at radius 2 is 1.92 bits per heavy atom. The van der Waals surface area contributed by atoms with Crippen LogP contribution >= 0.6 is 0 Å². The van der Waals surface area contributed by atoms with E-state index in [-0.39, 0.29) is 30.1 Å². The zero-order chi connectivity index (χ0) is 26.5. The molecule has 11 nitrogen and oxygen atoms in total. The molecule has 2 atom stereocenters. The van der Waals surface area contributed by atoms with Crippen molar-refractivity contribution in [2.75, 3.05) is 18.1 Å². The molecule has 4 aromatic rings. The maximum absolute atomic E-state index is 13.8. The number of hydrogen-bond donors (Lipinski definition) is 2. The summed E-state index contributed by atoms with van der Waals surface area (Å²) >= 11 is 0. The van der Waals surface area contributed by atoms with Crippen molar-refractivity contribution < 1.29 is 23.8 Å². The number of rotatable bonds is 9. The molecule has 0 bridgehead atoms. The molecule has 2 aromatic heterocycles. The Kier molecular flexibility index (Phi) is 7.45. The number of phenols is 1. The Morgan fingerprint density at radius 1 is 1.13 bits per heavy atom. The van der Waals surface area contributed by atoms with E-state index in [1.807, 2.05) is 13.0 Å². The van der Waals surface area contributed by atoms with Gasteiger partial charge in [0.25, 0.3) is 5.91 Å². The highest BCUT2D eigenvalue weighted by atomic mass is 16.5. The minimum absolute atomic E-state index is 0.0531. The van der Waals surface area contributed by atoms with Crippen LogP contribution in [0.2, 0.25) is 0 Å². The minimum Gasteiger partial charge on any atom is -0.508 e. The zero-order valence-corrected chi connectivity index (χ0v) is 20.9. The van der Waals surface area contributed by atoms with E-state index in [1.165, 1.54) is 21.8 Å². The third-order valence-electron chi connectivity index (χ3n) is 6.24. The Labute approximate surface area is 219 Å². The second-order valence-electron chi connectivity index (χ2n) is 9.03. The van der Waals surface area contributed by atoms with Crippen LogP contribution in [0.3, 0.4) is 0 Å². The number of phenolic OH excluding ortho intramolecular Hbond substituents is 1. The number of ether oxygens (including phenoxy) is 1. The molecule has 0 unspecified atom stereocenters. The van der Waals surface area contributed by atoms with Crippen molar-refractivity contribution in [3.05, 3.63) is 78.1 Å². The molecule has 1 aliphatic rings. The number of furan rings is 1. The number of aromatic hydroxyl groups is 1. The van der Waals surface area contributed by atoms with Crippen molar-refractivity contribution >= 4 is 17.5 Å². The van der Waals surface area contributed by atoms with Crippen molar-refractivity contribution in [1.82, 2.24) is 25.5 Å². The van der Waals surface area contributed by atoms with Gasteiger partial charge in [0.1, 0.15) is 24.1 Å². The number of para-hydroxylation sites is 1. The number of tetrazole rings is 1. The fourth-order valence-electron chi connectivity index (χ4n) is 4.38. The first-order chi connectivity index (χ1) is 18.5. The van der Waals surface area contributed by atoms with Crippen molar-refractivity contribution in [1.29, 1.82) is 0 Å². The van der Waals surface area contributed by atoms with E-state index in [0.29, 0.717) is 35.9 Å². The van der Waals surface area contributed by atoms with Gasteiger partial charge in [-0.05, 0) is 66.9 Å². The summed E-state index contributed by atoms with van der Waals surface area (Å²) in [4.78, 5) is 30.1. The van der Waals surface area contributed by atoms with Crippen molar-refractivity contribution in [2.24, 2.45) is 0 Å². The number of carbonyl (C=O) groups is 2. The normalized spacial score (nSPS) is 15.8. The van der Waals surface area contributed by atoms with Crippen LogP contribution in [-0.2, 0) is 20.9 Å². The number of nitrogens with zero attached hydrogens (tertiary/aromatic N) is 5. The van der Waals surface area contributed by atoms with E-state index >= 15 is 0 Å². The maximum Gasteiger partial charge on any atom is 0.251 e. The average Bonchev–Trinajstić information content (AvgIpc) is 3.70. The fraction of sp³-hybridized carbons (Fsp3) is 0.296. The summed E-state index contributed by atoms with van der Waals surface area (Å²) in [5, 5.41) is 25.1. The Hall–Kier alpha value is -4.51. The zero-order valence-electron chi connectivity index (χ0n) is 20.9. The number of benzene rings is 2. The number of amides is 2. The second kappa shape index (κ2) is 11.3. The summed E-state index contributed by atoms with van der Waals surface area (Å²) in [6.07, 6.45) is 1.74. The highest BCUT2D eigenvalue weighted by Crippen LogP contribution is 2.29. The van der Waals surface area contributed by atoms with Crippen LogP contribution in [0.25, 0.3) is 11.6 Å². The summed E-state index contributed by atoms with van der Waals surface area (Å²) in [5.74, 6) is 0.645. The molecule has 0 spiro atoms. The summed E-state index contributed by atoms with van der Waals surface area (Å²) in [6, 6.07) is 17.6. The smallest absolute Gasteiger partial charge is 0.251 e. The minimum atomic E-state index is -1.03. The van der Waals surface area contributed by atoms with Crippen LogP contribution in [-0.4, -0.2) is 56.4 Å². The number of aromatic nitrogens is 4. The molecule has 2 N–H and O–H groups in total. The van der Waals surface area contributed by atoms with Gasteiger partial charge in [-0.3, -0.25) is 14.5 Å². The highest BCUT2D eigenvalue weighted by Gasteiger charge is 2.34. The van der Waals surface area contributed by atoms with Gasteiger partial charge in [-0.1, -0.05) is 30.3 Å². The number of anilines is 1. The summed E-state index contributed by atoms with van der Waals surface area (Å²) in [6.45, 7) is 2.54. The maximum atomic E-state index is 13.8. The van der Waals surface area contributed by atoms with Crippen LogP contribution in [0, 0.1) is 6.92 Å². The van der Waals surface area contributed by atoms with Gasteiger partial charge >= 0.3 is 0 Å². The average molecular weight is 517 g/mol. The molecule has 0 aliphatic carbocycles. The molecule has 11 heteroatoms. The van der Waals surface area contributed by atoms with Crippen LogP contribution in [0.5, 0.6) is 5.75 Å². The molecule has 3 heterocycles. The van der Waals surface area contributed by atoms with Gasteiger partial charge in [0.15, 0.2) is 5.76 Å². The van der Waals surface area contributed by atoms with Gasteiger partial charge in [-0.2, -0.15) is 4.80 Å². The van der Waals surface area contributed by atoms with E-state index in [9.17, 15) is 14.7 Å². The largest absolute Gasteiger partial charge is 0.508 e. The number of carbonyl (C=O) groups excluding carboxylic acids is 2. The number of nitrogens with one attached hydrogen (secondary N) is 1. The third-order valence-corrected chi connectivity index (χ3v) is 6.24. The lowest BCUT2D eigenvalue weighted by Crippen LogP contribution is -2.46.